The highest BCUT2D eigenvalue weighted by Gasteiger charge is 2.46. The van der Waals surface area contributed by atoms with E-state index in [2.05, 4.69) is 11.9 Å². The summed E-state index contributed by atoms with van der Waals surface area (Å²) in [5.74, 6) is -0.246. The summed E-state index contributed by atoms with van der Waals surface area (Å²) in [7, 11) is 2.11. The van der Waals surface area contributed by atoms with Gasteiger partial charge in [-0.25, -0.2) is 4.79 Å². The molecule has 2 bridgehead atoms. The third-order valence-electron chi connectivity index (χ3n) is 4.85. The van der Waals surface area contributed by atoms with E-state index < -0.39 is 0 Å². The molecule has 2 saturated heterocycles. The summed E-state index contributed by atoms with van der Waals surface area (Å²) >= 11 is 0. The van der Waals surface area contributed by atoms with Crippen LogP contribution in [0.15, 0.2) is 30.3 Å². The number of fused-ring (bicyclic) bond motifs is 2. The van der Waals surface area contributed by atoms with Crippen LogP contribution in [0.25, 0.3) is 0 Å². The van der Waals surface area contributed by atoms with Gasteiger partial charge >= 0.3 is 5.97 Å². The number of piperidine rings is 1. The van der Waals surface area contributed by atoms with Gasteiger partial charge in [-0.1, -0.05) is 18.2 Å². The standard InChI is InChI=1S/C16H21NO3/c1-17-12-7-8-14(17)13(10-18)15(9-12)20-16(19)11-5-3-2-4-6-11/h2-6,12-15,18H,7-10H2,1H3/t12-,13?,14?,15+/m1/s1. The molecule has 0 spiro atoms. The maximum absolute atomic E-state index is 12.2. The van der Waals surface area contributed by atoms with Gasteiger partial charge in [-0.05, 0) is 32.0 Å². The first-order valence-corrected chi connectivity index (χ1v) is 7.29. The van der Waals surface area contributed by atoms with Crippen LogP contribution in [0, 0.1) is 5.92 Å². The van der Waals surface area contributed by atoms with Crippen molar-refractivity contribution in [1.82, 2.24) is 4.90 Å². The number of rotatable bonds is 3. The first-order valence-electron chi connectivity index (χ1n) is 7.29. The van der Waals surface area contributed by atoms with E-state index in [1.54, 1.807) is 12.1 Å². The maximum atomic E-state index is 12.2. The zero-order valence-electron chi connectivity index (χ0n) is 11.7. The minimum absolute atomic E-state index is 0.0337. The predicted molar refractivity (Wildman–Crippen MR) is 75.4 cm³/mol. The minimum Gasteiger partial charge on any atom is -0.458 e. The van der Waals surface area contributed by atoms with Crippen molar-refractivity contribution in [2.45, 2.75) is 37.5 Å². The maximum Gasteiger partial charge on any atom is 0.338 e. The Morgan fingerprint density at radius 1 is 1.35 bits per heavy atom. The lowest BCUT2D eigenvalue weighted by atomic mass is 9.88. The van der Waals surface area contributed by atoms with Crippen LogP contribution in [0.2, 0.25) is 0 Å². The first kappa shape index (κ1) is 13.6. The van der Waals surface area contributed by atoms with Crippen LogP contribution in [0.3, 0.4) is 0 Å². The van der Waals surface area contributed by atoms with Gasteiger partial charge in [0.05, 0.1) is 12.2 Å². The molecule has 4 heteroatoms. The molecule has 1 aromatic rings. The summed E-state index contributed by atoms with van der Waals surface area (Å²) in [5.41, 5.74) is 0.579. The van der Waals surface area contributed by atoms with Crippen molar-refractivity contribution >= 4 is 5.97 Å². The summed E-state index contributed by atoms with van der Waals surface area (Å²) in [6, 6.07) is 9.89. The molecule has 2 aliphatic rings. The van der Waals surface area contributed by atoms with Gasteiger partial charge in [0, 0.05) is 24.4 Å². The van der Waals surface area contributed by atoms with Crippen LogP contribution >= 0.6 is 0 Å². The molecule has 2 unspecified atom stereocenters. The molecule has 4 nitrogen and oxygen atoms in total. The summed E-state index contributed by atoms with van der Waals surface area (Å²) in [5, 5.41) is 9.66. The largest absolute Gasteiger partial charge is 0.458 e. The topological polar surface area (TPSA) is 49.8 Å². The molecular formula is C16H21NO3. The third kappa shape index (κ3) is 2.34. The van der Waals surface area contributed by atoms with E-state index >= 15 is 0 Å². The Hall–Kier alpha value is -1.39. The van der Waals surface area contributed by atoms with Gasteiger partial charge in [-0.2, -0.15) is 0 Å². The zero-order valence-corrected chi connectivity index (χ0v) is 11.7. The Kier molecular flexibility index (Phi) is 3.76. The van der Waals surface area contributed by atoms with E-state index in [9.17, 15) is 9.90 Å². The molecular weight excluding hydrogens is 254 g/mol. The molecule has 0 amide bonds. The number of ether oxygens (including phenoxy) is 1. The van der Waals surface area contributed by atoms with E-state index in [-0.39, 0.29) is 24.6 Å². The van der Waals surface area contributed by atoms with Crippen molar-refractivity contribution in [3.63, 3.8) is 0 Å². The Balaban J connectivity index is 1.72. The number of carbonyl (C=O) groups excluding carboxylic acids is 1. The summed E-state index contributed by atoms with van der Waals surface area (Å²) in [6.07, 6.45) is 2.89. The quantitative estimate of drug-likeness (QED) is 0.853. The molecule has 20 heavy (non-hydrogen) atoms. The molecule has 0 radical (unpaired) electrons. The van der Waals surface area contributed by atoms with E-state index in [0.717, 1.165) is 19.3 Å². The number of carbonyl (C=O) groups is 1. The van der Waals surface area contributed by atoms with Gasteiger partial charge in [0.15, 0.2) is 0 Å². The Morgan fingerprint density at radius 3 is 2.80 bits per heavy atom. The summed E-state index contributed by atoms with van der Waals surface area (Å²) < 4.78 is 5.68. The number of nitrogens with zero attached hydrogens (tertiary/aromatic N) is 1. The van der Waals surface area contributed by atoms with Gasteiger partial charge in [0.25, 0.3) is 0 Å². The van der Waals surface area contributed by atoms with E-state index in [1.165, 1.54) is 0 Å². The lowest BCUT2D eigenvalue weighted by Crippen LogP contribution is -2.51. The van der Waals surface area contributed by atoms with E-state index in [0.29, 0.717) is 17.6 Å². The number of hydrogen-bond acceptors (Lipinski definition) is 4. The van der Waals surface area contributed by atoms with Crippen LogP contribution in [-0.2, 0) is 4.74 Å². The smallest absolute Gasteiger partial charge is 0.338 e. The number of hydrogen-bond donors (Lipinski definition) is 1. The van der Waals surface area contributed by atoms with Crippen molar-refractivity contribution in [1.29, 1.82) is 0 Å². The molecule has 0 saturated carbocycles. The van der Waals surface area contributed by atoms with Gasteiger partial charge in [0.1, 0.15) is 6.10 Å². The lowest BCUT2D eigenvalue weighted by Gasteiger charge is -2.41. The van der Waals surface area contributed by atoms with Crippen LogP contribution in [-0.4, -0.2) is 47.8 Å². The molecule has 1 N–H and O–H groups in total. The van der Waals surface area contributed by atoms with Gasteiger partial charge in [0.2, 0.25) is 0 Å². The molecule has 0 aliphatic carbocycles. The van der Waals surface area contributed by atoms with Crippen molar-refractivity contribution in [3.05, 3.63) is 35.9 Å². The summed E-state index contributed by atoms with van der Waals surface area (Å²) in [6.45, 7) is 0.0778. The van der Waals surface area contributed by atoms with Crippen LogP contribution in [0.1, 0.15) is 29.6 Å². The van der Waals surface area contributed by atoms with Gasteiger partial charge in [-0.3, -0.25) is 4.90 Å². The monoisotopic (exact) mass is 275 g/mol. The Morgan fingerprint density at radius 2 is 2.10 bits per heavy atom. The van der Waals surface area contributed by atoms with Crippen LogP contribution < -0.4 is 0 Å². The zero-order chi connectivity index (χ0) is 14.1. The highest BCUT2D eigenvalue weighted by molar-refractivity contribution is 5.89. The van der Waals surface area contributed by atoms with E-state index in [1.807, 2.05) is 18.2 Å². The first-order chi connectivity index (χ1) is 9.70. The highest BCUT2D eigenvalue weighted by atomic mass is 16.5. The Labute approximate surface area is 119 Å². The number of aliphatic hydroxyl groups is 1. The average Bonchev–Trinajstić information content (AvgIpc) is 2.73. The minimum atomic E-state index is -0.280. The molecule has 4 atom stereocenters. The predicted octanol–water partition coefficient (Wildman–Crippen LogP) is 1.69. The fourth-order valence-corrected chi connectivity index (χ4v) is 3.69. The molecule has 1 aromatic carbocycles. The van der Waals surface area contributed by atoms with Crippen molar-refractivity contribution in [2.75, 3.05) is 13.7 Å². The van der Waals surface area contributed by atoms with Crippen molar-refractivity contribution < 1.29 is 14.6 Å². The second-order valence-corrected chi connectivity index (χ2v) is 5.86. The highest BCUT2D eigenvalue weighted by Crippen LogP contribution is 2.39. The average molecular weight is 275 g/mol. The fraction of sp³-hybridized carbons (Fsp3) is 0.562. The number of aliphatic hydroxyl groups excluding tert-OH is 1. The third-order valence-corrected chi connectivity index (χ3v) is 4.85. The van der Waals surface area contributed by atoms with Crippen molar-refractivity contribution in [3.8, 4) is 0 Å². The molecule has 3 rings (SSSR count). The van der Waals surface area contributed by atoms with E-state index in [4.69, 9.17) is 4.74 Å². The number of esters is 1. The van der Waals surface area contributed by atoms with Crippen LogP contribution in [0.5, 0.6) is 0 Å². The van der Waals surface area contributed by atoms with Gasteiger partial charge in [-0.15, -0.1) is 0 Å². The molecule has 0 aromatic heterocycles. The van der Waals surface area contributed by atoms with Crippen LogP contribution in [0.4, 0.5) is 0 Å². The van der Waals surface area contributed by atoms with Crippen molar-refractivity contribution in [2.24, 2.45) is 5.92 Å². The molecule has 2 heterocycles. The Bertz CT molecular complexity index is 476. The molecule has 2 aliphatic heterocycles. The second-order valence-electron chi connectivity index (χ2n) is 5.86. The normalized spacial score (nSPS) is 33.1. The lowest BCUT2D eigenvalue weighted by molar-refractivity contribution is -0.0493. The SMILES string of the molecule is CN1C2CC[C@@H]1C[C@H](OC(=O)c1ccccc1)C2CO. The fourth-order valence-electron chi connectivity index (χ4n) is 3.69. The molecule has 108 valence electrons. The second kappa shape index (κ2) is 5.54. The molecule has 2 fully saturated rings. The summed E-state index contributed by atoms with van der Waals surface area (Å²) in [4.78, 5) is 14.5. The number of benzene rings is 1. The van der Waals surface area contributed by atoms with Gasteiger partial charge < -0.3 is 9.84 Å².